The number of hydrogen-bond acceptors (Lipinski definition) is 6. The maximum absolute atomic E-state index is 14.4. The van der Waals surface area contributed by atoms with Gasteiger partial charge in [0, 0.05) is 18.3 Å². The molecule has 2 N–H and O–H groups in total. The van der Waals surface area contributed by atoms with Crippen molar-refractivity contribution < 1.29 is 28.6 Å². The highest BCUT2D eigenvalue weighted by Gasteiger charge is 2.56. The fourth-order valence-corrected chi connectivity index (χ4v) is 6.94. The van der Waals surface area contributed by atoms with Gasteiger partial charge in [0.05, 0.1) is 18.1 Å². The first kappa shape index (κ1) is 28.1. The second kappa shape index (κ2) is 11.7. The van der Waals surface area contributed by atoms with Gasteiger partial charge >= 0.3 is 0 Å². The van der Waals surface area contributed by atoms with Crippen molar-refractivity contribution in [3.8, 4) is 11.5 Å². The van der Waals surface area contributed by atoms with Gasteiger partial charge in [-0.15, -0.1) is 0 Å². The van der Waals surface area contributed by atoms with Crippen LogP contribution in [0.15, 0.2) is 54.8 Å². The molecule has 9 heteroatoms. The van der Waals surface area contributed by atoms with Gasteiger partial charge < -0.3 is 29.7 Å². The summed E-state index contributed by atoms with van der Waals surface area (Å²) in [5.74, 6) is -1.05. The summed E-state index contributed by atoms with van der Waals surface area (Å²) in [7, 11) is 0. The first-order chi connectivity index (χ1) is 20.3. The molecule has 42 heavy (non-hydrogen) atoms. The normalized spacial score (nSPS) is 28.5. The Hall–Kier alpha value is -4.01. The number of anilines is 1. The number of aryl methyl sites for hydroxylation is 1. The molecule has 1 saturated heterocycles. The van der Waals surface area contributed by atoms with Gasteiger partial charge in [0.25, 0.3) is 0 Å². The number of rotatable bonds is 8. The van der Waals surface area contributed by atoms with E-state index < -0.39 is 29.9 Å². The van der Waals surface area contributed by atoms with Crippen molar-refractivity contribution in [3.05, 3.63) is 65.9 Å². The molecule has 2 aromatic carbocycles. The molecule has 3 amide bonds. The molecule has 7 atom stereocenters. The number of carbonyl (C=O) groups is 3. The fourth-order valence-electron chi connectivity index (χ4n) is 6.94. The molecular weight excluding hydrogens is 534 g/mol. The van der Waals surface area contributed by atoms with Crippen LogP contribution in [0.2, 0.25) is 0 Å². The van der Waals surface area contributed by atoms with Crippen LogP contribution in [-0.2, 0) is 25.7 Å². The summed E-state index contributed by atoms with van der Waals surface area (Å²) in [6, 6.07) is 12.4. The lowest BCUT2D eigenvalue weighted by Gasteiger charge is -2.34. The maximum atomic E-state index is 14.4. The first-order valence-corrected chi connectivity index (χ1v) is 15.0. The number of amides is 3. The number of nitrogens with zero attached hydrogens (tertiary/aromatic N) is 1. The molecule has 3 aliphatic heterocycles. The minimum Gasteiger partial charge on any atom is -0.493 e. The fraction of sp³-hybridized carbons (Fsp3) is 0.485. The molecule has 2 fully saturated rings. The number of ether oxygens (including phenoxy) is 3. The molecule has 2 aromatic rings. The summed E-state index contributed by atoms with van der Waals surface area (Å²) in [6.07, 6.45) is 7.02. The van der Waals surface area contributed by atoms with Crippen molar-refractivity contribution in [2.45, 2.75) is 71.2 Å². The van der Waals surface area contributed by atoms with E-state index in [0.717, 1.165) is 36.8 Å². The van der Waals surface area contributed by atoms with Crippen molar-refractivity contribution in [2.24, 2.45) is 23.7 Å². The summed E-state index contributed by atoms with van der Waals surface area (Å²) in [5, 5.41) is 6.29. The molecule has 6 rings (SSSR count). The van der Waals surface area contributed by atoms with Crippen LogP contribution in [0, 0.1) is 30.6 Å². The van der Waals surface area contributed by atoms with Gasteiger partial charge in [0.2, 0.25) is 24.5 Å². The van der Waals surface area contributed by atoms with Crippen molar-refractivity contribution in [2.75, 3.05) is 12.1 Å². The Balaban J connectivity index is 1.31. The van der Waals surface area contributed by atoms with Gasteiger partial charge in [-0.05, 0) is 73.1 Å². The van der Waals surface area contributed by atoms with E-state index in [1.165, 1.54) is 0 Å². The Morgan fingerprint density at radius 1 is 1.05 bits per heavy atom. The Morgan fingerprint density at radius 2 is 1.83 bits per heavy atom. The minimum absolute atomic E-state index is 0.0679. The van der Waals surface area contributed by atoms with Crippen molar-refractivity contribution in [1.82, 2.24) is 10.2 Å². The molecule has 1 saturated carbocycles. The zero-order valence-corrected chi connectivity index (χ0v) is 24.4. The van der Waals surface area contributed by atoms with Crippen LogP contribution in [-0.4, -0.2) is 47.6 Å². The summed E-state index contributed by atoms with van der Waals surface area (Å²) in [4.78, 5) is 43.9. The molecular formula is C33H39N3O6. The van der Waals surface area contributed by atoms with E-state index >= 15 is 0 Å². The highest BCUT2D eigenvalue weighted by molar-refractivity contribution is 6.00. The Labute approximate surface area is 246 Å². The number of nitrogens with one attached hydrogen (secondary N) is 2. The number of fused-ring (bicyclic) bond motifs is 1. The SMILES string of the molecule is Cc1cccc(NC(=O)C(C2C=CO2)C2C(=O)N(Cc3ccc4c(c3)OCO4)C(C(=O)NC3CCCCC3C)C2C)c1. The van der Waals surface area contributed by atoms with Gasteiger partial charge in [0.15, 0.2) is 11.5 Å². The van der Waals surface area contributed by atoms with Crippen molar-refractivity contribution >= 4 is 23.4 Å². The van der Waals surface area contributed by atoms with E-state index in [1.807, 2.05) is 56.3 Å². The average molecular weight is 574 g/mol. The lowest BCUT2D eigenvalue weighted by Crippen LogP contribution is -2.51. The zero-order valence-electron chi connectivity index (χ0n) is 24.4. The number of hydrogen-bond donors (Lipinski definition) is 2. The van der Waals surface area contributed by atoms with E-state index in [0.29, 0.717) is 23.1 Å². The molecule has 1 aliphatic carbocycles. The van der Waals surface area contributed by atoms with E-state index in [-0.39, 0.29) is 37.1 Å². The van der Waals surface area contributed by atoms with E-state index in [2.05, 4.69) is 17.6 Å². The number of carbonyl (C=O) groups excluding carboxylic acids is 3. The maximum Gasteiger partial charge on any atom is 0.243 e. The lowest BCUT2D eigenvalue weighted by atomic mass is 9.77. The molecule has 222 valence electrons. The van der Waals surface area contributed by atoms with Gasteiger partial charge in [0.1, 0.15) is 12.1 Å². The molecule has 3 heterocycles. The topological polar surface area (TPSA) is 106 Å². The van der Waals surface area contributed by atoms with Gasteiger partial charge in [-0.1, -0.05) is 44.9 Å². The van der Waals surface area contributed by atoms with Crippen LogP contribution in [0.5, 0.6) is 11.5 Å². The molecule has 4 aliphatic rings. The van der Waals surface area contributed by atoms with E-state index in [1.54, 1.807) is 17.2 Å². The summed E-state index contributed by atoms with van der Waals surface area (Å²) >= 11 is 0. The third-order valence-electron chi connectivity index (χ3n) is 9.30. The molecule has 0 bridgehead atoms. The van der Waals surface area contributed by atoms with Crippen LogP contribution in [0.4, 0.5) is 5.69 Å². The zero-order chi connectivity index (χ0) is 29.4. The van der Waals surface area contributed by atoms with Crippen molar-refractivity contribution in [3.63, 3.8) is 0 Å². The van der Waals surface area contributed by atoms with Crippen LogP contribution >= 0.6 is 0 Å². The highest BCUT2D eigenvalue weighted by atomic mass is 16.7. The molecule has 0 aromatic heterocycles. The van der Waals surface area contributed by atoms with E-state index in [4.69, 9.17) is 14.2 Å². The average Bonchev–Trinajstić information content (AvgIpc) is 3.49. The lowest BCUT2D eigenvalue weighted by molar-refractivity contribution is -0.141. The number of likely N-dealkylation sites (tertiary alicyclic amines) is 1. The summed E-state index contributed by atoms with van der Waals surface area (Å²) in [6.45, 7) is 6.40. The highest BCUT2D eigenvalue weighted by Crippen LogP contribution is 2.42. The van der Waals surface area contributed by atoms with Crippen LogP contribution < -0.4 is 20.1 Å². The predicted octanol–water partition coefficient (Wildman–Crippen LogP) is 4.55. The summed E-state index contributed by atoms with van der Waals surface area (Å²) in [5.41, 5.74) is 2.49. The second-order valence-corrected chi connectivity index (χ2v) is 12.2. The van der Waals surface area contributed by atoms with Crippen molar-refractivity contribution in [1.29, 1.82) is 0 Å². The molecule has 0 radical (unpaired) electrons. The Kier molecular flexibility index (Phi) is 7.84. The molecule has 9 nitrogen and oxygen atoms in total. The Bertz CT molecular complexity index is 1390. The molecule has 0 spiro atoms. The Morgan fingerprint density at radius 3 is 2.57 bits per heavy atom. The molecule has 7 unspecified atom stereocenters. The quantitative estimate of drug-likeness (QED) is 0.480. The smallest absolute Gasteiger partial charge is 0.243 e. The third-order valence-corrected chi connectivity index (χ3v) is 9.30. The minimum atomic E-state index is -0.802. The third kappa shape index (κ3) is 5.44. The standard InChI is InChI=1S/C33H39N3O6/c1-19-7-6-9-23(15-19)34-31(37)29(26-13-14-40-26)28-21(3)30(32(38)35-24-10-5-4-8-20(24)2)36(33(28)39)17-22-11-12-25-27(16-22)42-18-41-25/h6-7,9,11-16,20-21,24,26,28-30H,4-5,8,10,17-18H2,1-3H3,(H,34,37)(H,35,38). The predicted molar refractivity (Wildman–Crippen MR) is 156 cm³/mol. The second-order valence-electron chi connectivity index (χ2n) is 12.2. The number of benzene rings is 2. The summed E-state index contributed by atoms with van der Waals surface area (Å²) < 4.78 is 16.7. The van der Waals surface area contributed by atoms with Crippen LogP contribution in [0.1, 0.15) is 50.7 Å². The largest absolute Gasteiger partial charge is 0.493 e. The van der Waals surface area contributed by atoms with Crippen LogP contribution in [0.3, 0.4) is 0 Å². The first-order valence-electron chi connectivity index (χ1n) is 15.0. The van der Waals surface area contributed by atoms with Gasteiger partial charge in [-0.2, -0.15) is 0 Å². The monoisotopic (exact) mass is 573 g/mol. The van der Waals surface area contributed by atoms with Crippen LogP contribution in [0.25, 0.3) is 0 Å². The van der Waals surface area contributed by atoms with E-state index in [9.17, 15) is 14.4 Å². The van der Waals surface area contributed by atoms with Gasteiger partial charge in [-0.3, -0.25) is 14.4 Å². The van der Waals surface area contributed by atoms with Gasteiger partial charge in [-0.25, -0.2) is 0 Å².